The minimum Gasteiger partial charge on any atom is -0.355 e. The Kier molecular flexibility index (Phi) is 7.75. The molecule has 6 nitrogen and oxygen atoms in total. The van der Waals surface area contributed by atoms with E-state index in [1.165, 1.54) is 6.21 Å². The molecule has 2 aromatic carbocycles. The second-order valence-electron chi connectivity index (χ2n) is 6.98. The first-order chi connectivity index (χ1) is 13.3. The SMILES string of the molecule is Cc1ccc(C)c(Nc2ccc(Br)cc2/C=N\NC(=O)C(=O)NCC(C)C)c1. The molecule has 0 heterocycles. The number of carbonyl (C=O) groups is 2. The average Bonchev–Trinajstić information content (AvgIpc) is 2.64. The Morgan fingerprint density at radius 2 is 1.82 bits per heavy atom. The van der Waals surface area contributed by atoms with Crippen LogP contribution in [0.25, 0.3) is 0 Å². The molecule has 0 radical (unpaired) electrons. The molecule has 0 aliphatic heterocycles. The van der Waals surface area contributed by atoms with Crippen LogP contribution in [0.5, 0.6) is 0 Å². The van der Waals surface area contributed by atoms with Gasteiger partial charge in [0.25, 0.3) is 0 Å². The van der Waals surface area contributed by atoms with Gasteiger partial charge in [-0.1, -0.05) is 41.9 Å². The molecule has 28 heavy (non-hydrogen) atoms. The van der Waals surface area contributed by atoms with Crippen molar-refractivity contribution in [2.24, 2.45) is 11.0 Å². The fraction of sp³-hybridized carbons (Fsp3) is 0.286. The highest BCUT2D eigenvalue weighted by atomic mass is 79.9. The third kappa shape index (κ3) is 6.49. The van der Waals surface area contributed by atoms with Crippen molar-refractivity contribution >= 4 is 45.3 Å². The number of anilines is 2. The van der Waals surface area contributed by atoms with Crippen molar-refractivity contribution in [3.05, 3.63) is 57.6 Å². The predicted molar refractivity (Wildman–Crippen MR) is 117 cm³/mol. The van der Waals surface area contributed by atoms with Crippen LogP contribution >= 0.6 is 15.9 Å². The van der Waals surface area contributed by atoms with Gasteiger partial charge < -0.3 is 10.6 Å². The number of benzene rings is 2. The molecular weight excluding hydrogens is 420 g/mol. The Labute approximate surface area is 173 Å². The Balaban J connectivity index is 2.11. The number of aryl methyl sites for hydroxylation is 2. The van der Waals surface area contributed by atoms with Gasteiger partial charge >= 0.3 is 11.8 Å². The Morgan fingerprint density at radius 3 is 2.54 bits per heavy atom. The van der Waals surface area contributed by atoms with Gasteiger partial charge in [0.05, 0.1) is 6.21 Å². The lowest BCUT2D eigenvalue weighted by Crippen LogP contribution is -2.39. The summed E-state index contributed by atoms with van der Waals surface area (Å²) in [5, 5.41) is 9.88. The second kappa shape index (κ2) is 10.0. The lowest BCUT2D eigenvalue weighted by Gasteiger charge is -2.13. The van der Waals surface area contributed by atoms with Crippen LogP contribution in [0.2, 0.25) is 0 Å². The minimum atomic E-state index is -0.795. The minimum absolute atomic E-state index is 0.264. The lowest BCUT2D eigenvalue weighted by molar-refractivity contribution is -0.139. The van der Waals surface area contributed by atoms with Gasteiger partial charge in [0, 0.05) is 28.0 Å². The molecule has 0 saturated heterocycles. The number of halogens is 1. The Hall–Kier alpha value is -2.67. The van der Waals surface area contributed by atoms with Crippen LogP contribution in [-0.4, -0.2) is 24.6 Å². The zero-order chi connectivity index (χ0) is 20.7. The van der Waals surface area contributed by atoms with E-state index in [4.69, 9.17) is 0 Å². The number of hydrogen-bond donors (Lipinski definition) is 3. The number of nitrogens with one attached hydrogen (secondary N) is 3. The molecular formula is C21H25BrN4O2. The molecule has 2 aromatic rings. The smallest absolute Gasteiger partial charge is 0.329 e. The maximum Gasteiger partial charge on any atom is 0.329 e. The fourth-order valence-electron chi connectivity index (χ4n) is 2.36. The highest BCUT2D eigenvalue weighted by molar-refractivity contribution is 9.10. The molecule has 3 N–H and O–H groups in total. The van der Waals surface area contributed by atoms with Gasteiger partial charge in [-0.05, 0) is 55.2 Å². The summed E-state index contributed by atoms with van der Waals surface area (Å²) in [7, 11) is 0. The third-order valence-corrected chi connectivity index (χ3v) is 4.42. The van der Waals surface area contributed by atoms with Crippen LogP contribution in [0.3, 0.4) is 0 Å². The van der Waals surface area contributed by atoms with Crippen molar-refractivity contribution in [3.63, 3.8) is 0 Å². The van der Waals surface area contributed by atoms with E-state index in [2.05, 4.69) is 55.3 Å². The maximum absolute atomic E-state index is 11.8. The van der Waals surface area contributed by atoms with Gasteiger partial charge in [-0.2, -0.15) is 5.10 Å². The zero-order valence-corrected chi connectivity index (χ0v) is 18.1. The van der Waals surface area contributed by atoms with Crippen molar-refractivity contribution in [2.45, 2.75) is 27.7 Å². The van der Waals surface area contributed by atoms with Crippen molar-refractivity contribution in [3.8, 4) is 0 Å². The van der Waals surface area contributed by atoms with Gasteiger partial charge in [0.15, 0.2) is 0 Å². The van der Waals surface area contributed by atoms with Crippen LogP contribution in [-0.2, 0) is 9.59 Å². The zero-order valence-electron chi connectivity index (χ0n) is 16.5. The summed E-state index contributed by atoms with van der Waals surface area (Å²) in [6, 6.07) is 11.9. The van der Waals surface area contributed by atoms with E-state index in [-0.39, 0.29) is 5.92 Å². The van der Waals surface area contributed by atoms with Crippen molar-refractivity contribution in [1.82, 2.24) is 10.7 Å². The Morgan fingerprint density at radius 1 is 1.07 bits per heavy atom. The van der Waals surface area contributed by atoms with E-state index in [0.29, 0.717) is 6.54 Å². The van der Waals surface area contributed by atoms with E-state index < -0.39 is 11.8 Å². The molecule has 0 bridgehead atoms. The standard InChI is InChI=1S/C21H25BrN4O2/c1-13(2)11-23-20(27)21(28)26-24-12-16-10-17(22)7-8-18(16)25-19-9-14(3)5-6-15(19)4/h5-10,12-13,25H,11H2,1-4H3,(H,23,27)(H,26,28)/b24-12-. The molecule has 7 heteroatoms. The molecule has 0 spiro atoms. The summed E-state index contributed by atoms with van der Waals surface area (Å²) < 4.78 is 0.876. The van der Waals surface area contributed by atoms with E-state index >= 15 is 0 Å². The number of nitrogens with zero attached hydrogens (tertiary/aromatic N) is 1. The summed E-state index contributed by atoms with van der Waals surface area (Å²) in [6.45, 7) is 8.41. The molecule has 2 amide bonds. The third-order valence-electron chi connectivity index (χ3n) is 3.92. The van der Waals surface area contributed by atoms with Gasteiger partial charge in [0.2, 0.25) is 0 Å². The summed E-state index contributed by atoms with van der Waals surface area (Å²) in [5.74, 6) is -1.23. The summed E-state index contributed by atoms with van der Waals surface area (Å²) >= 11 is 3.45. The molecule has 0 aromatic heterocycles. The highest BCUT2D eigenvalue weighted by Crippen LogP contribution is 2.26. The van der Waals surface area contributed by atoms with E-state index in [0.717, 1.165) is 32.5 Å². The molecule has 0 saturated carbocycles. The number of rotatable bonds is 6. The monoisotopic (exact) mass is 444 g/mol. The van der Waals surface area contributed by atoms with E-state index in [1.54, 1.807) is 0 Å². The van der Waals surface area contributed by atoms with Gasteiger partial charge in [-0.15, -0.1) is 0 Å². The fourth-order valence-corrected chi connectivity index (χ4v) is 2.74. The predicted octanol–water partition coefficient (Wildman–Crippen LogP) is 4.03. The molecule has 0 atom stereocenters. The number of amides is 2. The van der Waals surface area contributed by atoms with Crippen molar-refractivity contribution < 1.29 is 9.59 Å². The first-order valence-electron chi connectivity index (χ1n) is 9.01. The van der Waals surface area contributed by atoms with Crippen LogP contribution in [0, 0.1) is 19.8 Å². The van der Waals surface area contributed by atoms with Crippen molar-refractivity contribution in [2.75, 3.05) is 11.9 Å². The largest absolute Gasteiger partial charge is 0.355 e. The number of hydrogen-bond acceptors (Lipinski definition) is 4. The molecule has 0 aliphatic carbocycles. The number of hydrazone groups is 1. The topological polar surface area (TPSA) is 82.6 Å². The first-order valence-corrected chi connectivity index (χ1v) is 9.80. The summed E-state index contributed by atoms with van der Waals surface area (Å²) in [4.78, 5) is 23.5. The average molecular weight is 445 g/mol. The molecule has 0 fully saturated rings. The highest BCUT2D eigenvalue weighted by Gasteiger charge is 2.12. The second-order valence-corrected chi connectivity index (χ2v) is 7.89. The Bertz CT molecular complexity index is 894. The van der Waals surface area contributed by atoms with Gasteiger partial charge in [0.1, 0.15) is 0 Å². The van der Waals surface area contributed by atoms with E-state index in [1.807, 2.05) is 45.9 Å². The molecule has 148 valence electrons. The van der Waals surface area contributed by atoms with Crippen molar-refractivity contribution in [1.29, 1.82) is 0 Å². The van der Waals surface area contributed by atoms with Gasteiger partial charge in [-0.3, -0.25) is 9.59 Å². The summed E-state index contributed by atoms with van der Waals surface area (Å²) in [6.07, 6.45) is 1.51. The molecule has 0 unspecified atom stereocenters. The van der Waals surface area contributed by atoms with Crippen LogP contribution in [0.4, 0.5) is 11.4 Å². The number of carbonyl (C=O) groups excluding carboxylic acids is 2. The lowest BCUT2D eigenvalue weighted by atomic mass is 10.1. The first kappa shape index (κ1) is 21.6. The van der Waals surface area contributed by atoms with Crippen LogP contribution < -0.4 is 16.1 Å². The normalized spacial score (nSPS) is 10.9. The molecule has 0 aliphatic rings. The van der Waals surface area contributed by atoms with Crippen LogP contribution in [0.1, 0.15) is 30.5 Å². The molecule has 2 rings (SSSR count). The quantitative estimate of drug-likeness (QED) is 0.357. The maximum atomic E-state index is 11.8. The van der Waals surface area contributed by atoms with Gasteiger partial charge in [-0.25, -0.2) is 5.43 Å². The van der Waals surface area contributed by atoms with Crippen LogP contribution in [0.15, 0.2) is 46.0 Å². The summed E-state index contributed by atoms with van der Waals surface area (Å²) in [5.41, 5.74) is 7.12. The van der Waals surface area contributed by atoms with E-state index in [9.17, 15) is 9.59 Å².